The normalized spacial score (nSPS) is 14.5. The van der Waals surface area contributed by atoms with Crippen LogP contribution in [0.15, 0.2) is 54.6 Å². The third-order valence-electron chi connectivity index (χ3n) is 4.31. The van der Waals surface area contributed by atoms with Crippen molar-refractivity contribution >= 4 is 17.1 Å². The van der Waals surface area contributed by atoms with E-state index in [0.717, 1.165) is 35.3 Å². The standard InChI is InChI=1S/C22H24O4/c1-3-25-22(23)21(16-7-5-4-6-8-16)20(17-9-10-17)18-11-13-19(14-12-18)26-15-24-2/h4-8,11-14,17H,3,9-10,15H2,1-2H3/b21-20+. The zero-order valence-electron chi connectivity index (χ0n) is 15.2. The number of esters is 1. The SMILES string of the molecule is CCOC(=O)/C(=C(/c1ccc(OCOC)cc1)C1CC1)c1ccccc1. The molecule has 2 aromatic rings. The number of hydrogen-bond acceptors (Lipinski definition) is 4. The molecule has 0 heterocycles. The Morgan fingerprint density at radius 3 is 2.27 bits per heavy atom. The second-order valence-corrected chi connectivity index (χ2v) is 6.22. The van der Waals surface area contributed by atoms with Crippen molar-refractivity contribution < 1.29 is 19.0 Å². The number of benzene rings is 2. The predicted molar refractivity (Wildman–Crippen MR) is 102 cm³/mol. The monoisotopic (exact) mass is 352 g/mol. The fourth-order valence-corrected chi connectivity index (χ4v) is 3.01. The number of allylic oxidation sites excluding steroid dienone is 1. The third-order valence-corrected chi connectivity index (χ3v) is 4.31. The van der Waals surface area contributed by atoms with Crippen LogP contribution in [0.1, 0.15) is 30.9 Å². The van der Waals surface area contributed by atoms with E-state index in [4.69, 9.17) is 14.2 Å². The highest BCUT2D eigenvalue weighted by molar-refractivity contribution is 6.25. The Labute approximate surface area is 154 Å². The van der Waals surface area contributed by atoms with Gasteiger partial charge in [0.25, 0.3) is 0 Å². The molecule has 0 radical (unpaired) electrons. The molecular formula is C22H24O4. The van der Waals surface area contributed by atoms with Crippen molar-refractivity contribution in [2.24, 2.45) is 5.92 Å². The van der Waals surface area contributed by atoms with E-state index >= 15 is 0 Å². The van der Waals surface area contributed by atoms with Gasteiger partial charge in [0.2, 0.25) is 0 Å². The van der Waals surface area contributed by atoms with Crippen molar-refractivity contribution in [1.82, 2.24) is 0 Å². The van der Waals surface area contributed by atoms with Crippen molar-refractivity contribution in [1.29, 1.82) is 0 Å². The average molecular weight is 352 g/mol. The molecule has 1 saturated carbocycles. The Morgan fingerprint density at radius 2 is 1.69 bits per heavy atom. The summed E-state index contributed by atoms with van der Waals surface area (Å²) in [7, 11) is 1.59. The summed E-state index contributed by atoms with van der Waals surface area (Å²) >= 11 is 0. The molecule has 0 unspecified atom stereocenters. The van der Waals surface area contributed by atoms with Crippen molar-refractivity contribution in [2.45, 2.75) is 19.8 Å². The lowest BCUT2D eigenvalue weighted by molar-refractivity contribution is -0.136. The molecular weight excluding hydrogens is 328 g/mol. The first-order valence-corrected chi connectivity index (χ1v) is 8.93. The molecule has 0 aliphatic heterocycles. The summed E-state index contributed by atoms with van der Waals surface area (Å²) in [5.41, 5.74) is 3.66. The maximum Gasteiger partial charge on any atom is 0.339 e. The van der Waals surface area contributed by atoms with Gasteiger partial charge in [-0.25, -0.2) is 4.79 Å². The molecule has 2 aromatic carbocycles. The second-order valence-electron chi connectivity index (χ2n) is 6.22. The zero-order valence-corrected chi connectivity index (χ0v) is 15.2. The molecule has 4 heteroatoms. The number of rotatable bonds is 8. The largest absolute Gasteiger partial charge is 0.468 e. The van der Waals surface area contributed by atoms with Gasteiger partial charge in [0.05, 0.1) is 12.2 Å². The first-order chi connectivity index (χ1) is 12.7. The Bertz CT molecular complexity index is 758. The number of carbonyl (C=O) groups excluding carboxylic acids is 1. The molecule has 4 nitrogen and oxygen atoms in total. The smallest absolute Gasteiger partial charge is 0.339 e. The van der Waals surface area contributed by atoms with Crippen LogP contribution in [0.3, 0.4) is 0 Å². The van der Waals surface area contributed by atoms with Crippen LogP contribution in [-0.2, 0) is 14.3 Å². The molecule has 0 N–H and O–H groups in total. The highest BCUT2D eigenvalue weighted by Crippen LogP contribution is 2.46. The molecule has 3 rings (SSSR count). The Kier molecular flexibility index (Phi) is 6.08. The molecule has 0 bridgehead atoms. The highest BCUT2D eigenvalue weighted by atomic mass is 16.7. The highest BCUT2D eigenvalue weighted by Gasteiger charge is 2.32. The van der Waals surface area contributed by atoms with Gasteiger partial charge in [-0.2, -0.15) is 0 Å². The fraction of sp³-hybridized carbons (Fsp3) is 0.318. The quantitative estimate of drug-likeness (QED) is 0.302. The van der Waals surface area contributed by atoms with E-state index < -0.39 is 0 Å². The second kappa shape index (κ2) is 8.68. The van der Waals surface area contributed by atoms with E-state index in [2.05, 4.69) is 0 Å². The summed E-state index contributed by atoms with van der Waals surface area (Å²) in [6.07, 6.45) is 2.18. The van der Waals surface area contributed by atoms with E-state index in [0.29, 0.717) is 18.1 Å². The van der Waals surface area contributed by atoms with Crippen molar-refractivity contribution in [3.63, 3.8) is 0 Å². The van der Waals surface area contributed by atoms with Gasteiger partial charge in [-0.15, -0.1) is 0 Å². The van der Waals surface area contributed by atoms with E-state index in [9.17, 15) is 4.79 Å². The lowest BCUT2D eigenvalue weighted by atomic mass is 9.91. The van der Waals surface area contributed by atoms with Crippen LogP contribution in [0.25, 0.3) is 11.1 Å². The minimum absolute atomic E-state index is 0.211. The van der Waals surface area contributed by atoms with Gasteiger partial charge in [-0.3, -0.25) is 0 Å². The van der Waals surface area contributed by atoms with Crippen molar-refractivity contribution in [2.75, 3.05) is 20.5 Å². The van der Waals surface area contributed by atoms with Gasteiger partial charge in [-0.05, 0) is 54.5 Å². The van der Waals surface area contributed by atoms with Gasteiger partial charge in [0.15, 0.2) is 6.79 Å². The Morgan fingerprint density at radius 1 is 1.00 bits per heavy atom. The molecule has 0 spiro atoms. The van der Waals surface area contributed by atoms with E-state index in [1.165, 1.54) is 0 Å². The topological polar surface area (TPSA) is 44.8 Å². The third kappa shape index (κ3) is 4.33. The molecule has 1 aliphatic rings. The summed E-state index contributed by atoms with van der Waals surface area (Å²) in [5, 5.41) is 0. The Balaban J connectivity index is 2.05. The summed E-state index contributed by atoms with van der Waals surface area (Å²) in [6.45, 7) is 2.40. The van der Waals surface area contributed by atoms with Crippen LogP contribution in [0.5, 0.6) is 5.75 Å². The first-order valence-electron chi connectivity index (χ1n) is 8.93. The molecule has 1 fully saturated rings. The number of hydrogen-bond donors (Lipinski definition) is 0. The van der Waals surface area contributed by atoms with Crippen LogP contribution in [0.4, 0.5) is 0 Å². The summed E-state index contributed by atoms with van der Waals surface area (Å²) < 4.78 is 15.8. The van der Waals surface area contributed by atoms with Crippen molar-refractivity contribution in [3.05, 3.63) is 65.7 Å². The maximum absolute atomic E-state index is 12.8. The summed E-state index contributed by atoms with van der Waals surface area (Å²) in [6, 6.07) is 17.6. The van der Waals surface area contributed by atoms with Crippen LogP contribution >= 0.6 is 0 Å². The lowest BCUT2D eigenvalue weighted by Gasteiger charge is -2.16. The van der Waals surface area contributed by atoms with Gasteiger partial charge >= 0.3 is 5.97 Å². The maximum atomic E-state index is 12.8. The summed E-state index contributed by atoms with van der Waals surface area (Å²) in [5.74, 6) is 0.865. The molecule has 0 aromatic heterocycles. The minimum atomic E-state index is -0.264. The number of methoxy groups -OCH3 is 1. The van der Waals surface area contributed by atoms with Gasteiger partial charge in [0, 0.05) is 7.11 Å². The fourth-order valence-electron chi connectivity index (χ4n) is 3.01. The van der Waals surface area contributed by atoms with Crippen molar-refractivity contribution in [3.8, 4) is 5.75 Å². The molecule has 136 valence electrons. The summed E-state index contributed by atoms with van der Waals surface area (Å²) in [4.78, 5) is 12.8. The molecule has 0 amide bonds. The Hall–Kier alpha value is -2.59. The van der Waals surface area contributed by atoms with Crippen LogP contribution in [0.2, 0.25) is 0 Å². The van der Waals surface area contributed by atoms with E-state index in [1.54, 1.807) is 7.11 Å². The predicted octanol–water partition coefficient (Wildman–Crippen LogP) is 4.55. The molecule has 0 atom stereocenters. The van der Waals surface area contributed by atoms with Gasteiger partial charge < -0.3 is 14.2 Å². The minimum Gasteiger partial charge on any atom is -0.468 e. The lowest BCUT2D eigenvalue weighted by Crippen LogP contribution is -2.10. The van der Waals surface area contributed by atoms with Crippen LogP contribution < -0.4 is 4.74 Å². The van der Waals surface area contributed by atoms with E-state index in [-0.39, 0.29) is 12.8 Å². The van der Waals surface area contributed by atoms with E-state index in [1.807, 2.05) is 61.5 Å². The zero-order chi connectivity index (χ0) is 18.4. The van der Waals surface area contributed by atoms with Crippen LogP contribution in [-0.4, -0.2) is 26.5 Å². The average Bonchev–Trinajstić information content (AvgIpc) is 3.50. The molecule has 0 saturated heterocycles. The molecule has 1 aliphatic carbocycles. The number of carbonyl (C=O) groups is 1. The van der Waals surface area contributed by atoms with Gasteiger partial charge in [0.1, 0.15) is 5.75 Å². The number of ether oxygens (including phenoxy) is 3. The van der Waals surface area contributed by atoms with Gasteiger partial charge in [-0.1, -0.05) is 42.5 Å². The van der Waals surface area contributed by atoms with Crippen LogP contribution in [0, 0.1) is 5.92 Å². The molecule has 26 heavy (non-hydrogen) atoms. The first kappa shape index (κ1) is 18.2.